The molecule has 2 N–H and O–H groups in total. The molecule has 0 saturated carbocycles. The third-order valence-electron chi connectivity index (χ3n) is 2.36. The molecule has 0 amide bonds. The van der Waals surface area contributed by atoms with Crippen LogP contribution in [0, 0.1) is 0 Å². The molecule has 0 fully saturated rings. The van der Waals surface area contributed by atoms with E-state index in [1.54, 1.807) is 6.08 Å². The Balaban J connectivity index is 0.00000154. The van der Waals surface area contributed by atoms with Crippen LogP contribution >= 0.6 is 0 Å². The SMILES string of the molecule is C=CO/C(C)=C(/C=C)c1cccc(C(C)N)n1.CC. The number of nitrogens with two attached hydrogens (primary N) is 1. The van der Waals surface area contributed by atoms with Crippen LogP contribution < -0.4 is 5.73 Å². The van der Waals surface area contributed by atoms with E-state index in [1.165, 1.54) is 6.26 Å². The first-order chi connectivity index (χ1) is 9.10. The molecule has 0 aliphatic heterocycles. The highest BCUT2D eigenvalue weighted by Crippen LogP contribution is 2.20. The summed E-state index contributed by atoms with van der Waals surface area (Å²) in [7, 11) is 0. The number of hydrogen-bond acceptors (Lipinski definition) is 3. The molecule has 1 aromatic rings. The van der Waals surface area contributed by atoms with Gasteiger partial charge in [-0.05, 0) is 26.0 Å². The molecule has 0 bridgehead atoms. The standard InChI is InChI=1S/C14H18N2O.C2H6/c1-5-12(11(4)17-6-2)14-9-7-8-13(16-14)10(3)15;1-2/h5-10H,1-2,15H2,3-4H3;1-2H3/b12-11-;. The second kappa shape index (κ2) is 9.11. The fraction of sp³-hybridized carbons (Fsp3) is 0.312. The zero-order valence-corrected chi connectivity index (χ0v) is 12.3. The number of aromatic nitrogens is 1. The molecule has 104 valence electrons. The van der Waals surface area contributed by atoms with Gasteiger partial charge in [-0.15, -0.1) is 0 Å². The molecular formula is C16H24N2O. The van der Waals surface area contributed by atoms with E-state index in [0.717, 1.165) is 17.0 Å². The van der Waals surface area contributed by atoms with Crippen LogP contribution in [0.2, 0.25) is 0 Å². The monoisotopic (exact) mass is 260 g/mol. The van der Waals surface area contributed by atoms with Crippen LogP contribution in [-0.4, -0.2) is 4.98 Å². The zero-order valence-electron chi connectivity index (χ0n) is 12.3. The summed E-state index contributed by atoms with van der Waals surface area (Å²) < 4.78 is 5.25. The van der Waals surface area contributed by atoms with Crippen molar-refractivity contribution in [1.82, 2.24) is 4.98 Å². The van der Waals surface area contributed by atoms with Gasteiger partial charge < -0.3 is 10.5 Å². The van der Waals surface area contributed by atoms with E-state index in [4.69, 9.17) is 10.5 Å². The van der Waals surface area contributed by atoms with Crippen LogP contribution in [0.4, 0.5) is 0 Å². The zero-order chi connectivity index (χ0) is 14.8. The van der Waals surface area contributed by atoms with Crippen LogP contribution in [0.1, 0.15) is 45.1 Å². The van der Waals surface area contributed by atoms with Crippen LogP contribution in [0.3, 0.4) is 0 Å². The molecule has 19 heavy (non-hydrogen) atoms. The predicted molar refractivity (Wildman–Crippen MR) is 82.3 cm³/mol. The number of nitrogens with zero attached hydrogens (tertiary/aromatic N) is 1. The van der Waals surface area contributed by atoms with E-state index in [1.807, 2.05) is 45.9 Å². The molecule has 0 aromatic carbocycles. The second-order valence-electron chi connectivity index (χ2n) is 3.69. The Morgan fingerprint density at radius 3 is 2.47 bits per heavy atom. The Morgan fingerprint density at radius 1 is 1.37 bits per heavy atom. The largest absolute Gasteiger partial charge is 0.470 e. The number of rotatable bonds is 5. The summed E-state index contributed by atoms with van der Waals surface area (Å²) in [5.41, 5.74) is 8.29. The molecule has 1 atom stereocenters. The van der Waals surface area contributed by atoms with Crippen LogP contribution in [-0.2, 0) is 4.74 Å². The Morgan fingerprint density at radius 2 is 2.00 bits per heavy atom. The van der Waals surface area contributed by atoms with Crippen molar-refractivity contribution in [3.63, 3.8) is 0 Å². The number of pyridine rings is 1. The number of ether oxygens (including phenoxy) is 1. The van der Waals surface area contributed by atoms with Gasteiger partial charge in [0.05, 0.1) is 17.6 Å². The van der Waals surface area contributed by atoms with Gasteiger partial charge in [-0.3, -0.25) is 4.98 Å². The lowest BCUT2D eigenvalue weighted by Gasteiger charge is -2.10. The number of hydrogen-bond donors (Lipinski definition) is 1. The van der Waals surface area contributed by atoms with Gasteiger partial charge in [-0.1, -0.05) is 39.1 Å². The highest BCUT2D eigenvalue weighted by atomic mass is 16.5. The number of allylic oxidation sites excluding steroid dienone is 3. The molecule has 1 heterocycles. The molecule has 0 spiro atoms. The minimum Gasteiger partial charge on any atom is -0.470 e. The van der Waals surface area contributed by atoms with Gasteiger partial charge in [0, 0.05) is 11.6 Å². The lowest BCUT2D eigenvalue weighted by Crippen LogP contribution is -2.08. The van der Waals surface area contributed by atoms with Gasteiger partial charge in [0.1, 0.15) is 5.76 Å². The fourth-order valence-electron chi connectivity index (χ4n) is 1.47. The maximum atomic E-state index is 5.81. The molecule has 0 aliphatic rings. The van der Waals surface area contributed by atoms with Gasteiger partial charge >= 0.3 is 0 Å². The van der Waals surface area contributed by atoms with E-state index in [0.29, 0.717) is 5.76 Å². The summed E-state index contributed by atoms with van der Waals surface area (Å²) in [6, 6.07) is 5.63. The Hall–Kier alpha value is -1.87. The summed E-state index contributed by atoms with van der Waals surface area (Å²) in [5, 5.41) is 0. The topological polar surface area (TPSA) is 48.1 Å². The van der Waals surface area contributed by atoms with E-state index < -0.39 is 0 Å². The van der Waals surface area contributed by atoms with Crippen LogP contribution in [0.5, 0.6) is 0 Å². The van der Waals surface area contributed by atoms with Crippen molar-refractivity contribution in [3.8, 4) is 0 Å². The smallest absolute Gasteiger partial charge is 0.109 e. The van der Waals surface area contributed by atoms with Crippen molar-refractivity contribution in [2.24, 2.45) is 5.73 Å². The summed E-state index contributed by atoms with van der Waals surface area (Å²) >= 11 is 0. The fourth-order valence-corrected chi connectivity index (χ4v) is 1.47. The summed E-state index contributed by atoms with van der Waals surface area (Å²) in [4.78, 5) is 4.48. The van der Waals surface area contributed by atoms with Gasteiger partial charge in [0.25, 0.3) is 0 Å². The lowest BCUT2D eigenvalue weighted by atomic mass is 10.1. The summed E-state index contributed by atoms with van der Waals surface area (Å²) in [5.74, 6) is 0.712. The third-order valence-corrected chi connectivity index (χ3v) is 2.36. The Bertz CT molecular complexity index is 448. The molecule has 0 saturated heterocycles. The minimum atomic E-state index is -0.0957. The first-order valence-corrected chi connectivity index (χ1v) is 6.44. The van der Waals surface area contributed by atoms with Gasteiger partial charge in [0.15, 0.2) is 0 Å². The normalized spacial score (nSPS) is 12.5. The predicted octanol–water partition coefficient (Wildman–Crippen LogP) is 4.20. The van der Waals surface area contributed by atoms with Gasteiger partial charge in [0.2, 0.25) is 0 Å². The highest BCUT2D eigenvalue weighted by molar-refractivity contribution is 5.72. The van der Waals surface area contributed by atoms with E-state index in [2.05, 4.69) is 18.1 Å². The van der Waals surface area contributed by atoms with E-state index in [9.17, 15) is 0 Å². The first-order valence-electron chi connectivity index (χ1n) is 6.44. The van der Waals surface area contributed by atoms with Crippen LogP contribution in [0.25, 0.3) is 5.57 Å². The van der Waals surface area contributed by atoms with Crippen LogP contribution in [0.15, 0.2) is 49.5 Å². The van der Waals surface area contributed by atoms with Gasteiger partial charge in [-0.2, -0.15) is 0 Å². The van der Waals surface area contributed by atoms with Crippen molar-refractivity contribution in [2.75, 3.05) is 0 Å². The van der Waals surface area contributed by atoms with E-state index in [-0.39, 0.29) is 6.04 Å². The average Bonchev–Trinajstić information content (AvgIpc) is 2.42. The Kier molecular flexibility index (Phi) is 8.22. The minimum absolute atomic E-state index is 0.0957. The van der Waals surface area contributed by atoms with Crippen molar-refractivity contribution in [1.29, 1.82) is 0 Å². The first kappa shape index (κ1) is 17.1. The van der Waals surface area contributed by atoms with Crippen molar-refractivity contribution < 1.29 is 4.74 Å². The van der Waals surface area contributed by atoms with Crippen molar-refractivity contribution in [2.45, 2.75) is 33.7 Å². The molecule has 3 heteroatoms. The molecule has 0 aliphatic carbocycles. The maximum absolute atomic E-state index is 5.81. The molecule has 1 unspecified atom stereocenters. The molecule has 1 aromatic heterocycles. The molecular weight excluding hydrogens is 236 g/mol. The Labute approximate surface area is 116 Å². The lowest BCUT2D eigenvalue weighted by molar-refractivity contribution is 0.357. The van der Waals surface area contributed by atoms with Gasteiger partial charge in [-0.25, -0.2) is 0 Å². The third kappa shape index (κ3) is 5.10. The quantitative estimate of drug-likeness (QED) is 0.637. The van der Waals surface area contributed by atoms with Crippen molar-refractivity contribution >= 4 is 5.57 Å². The van der Waals surface area contributed by atoms with E-state index >= 15 is 0 Å². The molecule has 3 nitrogen and oxygen atoms in total. The van der Waals surface area contributed by atoms with Crippen molar-refractivity contribution in [3.05, 3.63) is 60.8 Å². The average molecular weight is 260 g/mol. The molecule has 1 rings (SSSR count). The maximum Gasteiger partial charge on any atom is 0.109 e. The highest BCUT2D eigenvalue weighted by Gasteiger charge is 2.07. The summed E-state index contributed by atoms with van der Waals surface area (Å²) in [6.45, 7) is 15.0. The second-order valence-corrected chi connectivity index (χ2v) is 3.69. The molecule has 0 radical (unpaired) electrons. The summed E-state index contributed by atoms with van der Waals surface area (Å²) in [6.07, 6.45) is 3.10.